The summed E-state index contributed by atoms with van der Waals surface area (Å²) in [7, 11) is 0. The summed E-state index contributed by atoms with van der Waals surface area (Å²) >= 11 is 7.64. The quantitative estimate of drug-likeness (QED) is 0.406. The number of allylic oxidation sites excluding steroid dienone is 4. The number of hydrogen-bond donors (Lipinski definition) is 0. The fourth-order valence-corrected chi connectivity index (χ4v) is 4.04. The van der Waals surface area contributed by atoms with Gasteiger partial charge in [0.1, 0.15) is 0 Å². The minimum atomic E-state index is -0.696. The molecule has 0 saturated carbocycles. The Morgan fingerprint density at radius 1 is 1.33 bits per heavy atom. The lowest BCUT2D eigenvalue weighted by Gasteiger charge is -2.28. The molecule has 0 spiro atoms. The Labute approximate surface area is 192 Å². The Balaban J connectivity index is 0.00000320. The molecule has 1 aromatic carbocycles. The van der Waals surface area contributed by atoms with Crippen LogP contribution in [0.15, 0.2) is 65.9 Å². The molecule has 0 aliphatic carbocycles. The van der Waals surface area contributed by atoms with Gasteiger partial charge in [-0.2, -0.15) is 0 Å². The second kappa shape index (κ2) is 11.9. The monoisotopic (exact) mass is 472 g/mol. The van der Waals surface area contributed by atoms with E-state index >= 15 is 0 Å². The molecule has 0 unspecified atom stereocenters. The molecule has 1 aliphatic rings. The van der Waals surface area contributed by atoms with Crippen LogP contribution in [0.25, 0.3) is 0 Å². The number of nitrogens with zero attached hydrogens (tertiary/aromatic N) is 2. The van der Waals surface area contributed by atoms with Crippen LogP contribution in [0.3, 0.4) is 0 Å². The molecule has 1 aliphatic heterocycles. The number of rotatable bonds is 9. The molecule has 0 amide bonds. The Morgan fingerprint density at radius 2 is 2.10 bits per heavy atom. The molecule has 3 rings (SSSR count). The Kier molecular flexibility index (Phi) is 9.91. The van der Waals surface area contributed by atoms with E-state index in [2.05, 4.69) is 4.98 Å². The van der Waals surface area contributed by atoms with Crippen molar-refractivity contribution in [2.45, 2.75) is 45.1 Å². The first-order valence-electron chi connectivity index (χ1n) is 9.59. The predicted octanol–water partition coefficient (Wildman–Crippen LogP) is 6.21. The van der Waals surface area contributed by atoms with Gasteiger partial charge < -0.3 is 14.0 Å². The van der Waals surface area contributed by atoms with E-state index in [9.17, 15) is 4.39 Å². The van der Waals surface area contributed by atoms with Crippen molar-refractivity contribution in [2.24, 2.45) is 0 Å². The number of imidazole rings is 1. The fourth-order valence-electron chi connectivity index (χ4n) is 3.14. The first-order valence-corrected chi connectivity index (χ1v) is 11.0. The van der Waals surface area contributed by atoms with Gasteiger partial charge in [-0.3, -0.25) is 0 Å². The molecule has 0 radical (unpaired) electrons. The zero-order chi connectivity index (χ0) is 20.7. The van der Waals surface area contributed by atoms with Crippen LogP contribution in [0.1, 0.15) is 25.8 Å². The number of aryl methyl sites for hydroxylation is 1. The largest absolute Gasteiger partial charge is 0.345 e. The summed E-state index contributed by atoms with van der Waals surface area (Å²) < 4.78 is 27.5. The standard InChI is InChI=1S/C22H26ClFN2O2S.ClH/c1-17(24)3-4-18(2)29-14-21-13-27-22(28-21,15-26-12-11-25-16-26)10-9-19-5-7-20(23)8-6-19;/h3-8,11-12,16,21H,9-10,13-15H2,1-2H3;1H/b17-3+,18-4+;/t21-,22+;/m0./s1. The minimum Gasteiger partial charge on any atom is -0.345 e. The van der Waals surface area contributed by atoms with Crippen LogP contribution in [0, 0.1) is 0 Å². The van der Waals surface area contributed by atoms with Crippen molar-refractivity contribution >= 4 is 35.8 Å². The number of thioether (sulfide) groups is 1. The van der Waals surface area contributed by atoms with Gasteiger partial charge in [-0.1, -0.05) is 29.8 Å². The minimum absolute atomic E-state index is 0. The van der Waals surface area contributed by atoms with Crippen LogP contribution < -0.4 is 0 Å². The van der Waals surface area contributed by atoms with Gasteiger partial charge in [-0.25, -0.2) is 9.37 Å². The first-order chi connectivity index (χ1) is 13.9. The van der Waals surface area contributed by atoms with Crippen molar-refractivity contribution in [1.82, 2.24) is 9.55 Å². The number of benzene rings is 1. The molecule has 2 heterocycles. The number of aromatic nitrogens is 2. The smallest absolute Gasteiger partial charge is 0.187 e. The van der Waals surface area contributed by atoms with Crippen molar-refractivity contribution in [1.29, 1.82) is 0 Å². The van der Waals surface area contributed by atoms with Crippen molar-refractivity contribution in [3.8, 4) is 0 Å². The molecule has 1 fully saturated rings. The molecule has 0 N–H and O–H groups in total. The zero-order valence-electron chi connectivity index (χ0n) is 17.1. The van der Waals surface area contributed by atoms with Gasteiger partial charge >= 0.3 is 0 Å². The van der Waals surface area contributed by atoms with Crippen LogP contribution in [-0.4, -0.2) is 33.8 Å². The molecule has 8 heteroatoms. The highest BCUT2D eigenvalue weighted by molar-refractivity contribution is 8.03. The van der Waals surface area contributed by atoms with Gasteiger partial charge in [0.2, 0.25) is 0 Å². The number of halogens is 3. The highest BCUT2D eigenvalue weighted by Crippen LogP contribution is 2.33. The number of ether oxygens (including phenoxy) is 2. The third-order valence-corrected chi connectivity index (χ3v) is 6.03. The van der Waals surface area contributed by atoms with Crippen LogP contribution in [-0.2, 0) is 22.4 Å². The SMILES string of the molecule is C/C(F)=C\C=C(/C)SC[C@@H]1CO[C@@](CCc2ccc(Cl)cc2)(Cn2ccnc2)O1.Cl. The normalized spacial score (nSPS) is 22.2. The van der Waals surface area contributed by atoms with Crippen molar-refractivity contribution < 1.29 is 13.9 Å². The van der Waals surface area contributed by atoms with Crippen molar-refractivity contribution in [3.05, 3.63) is 76.5 Å². The second-order valence-corrected chi connectivity index (χ2v) is 8.87. The van der Waals surface area contributed by atoms with Crippen LogP contribution in [0.5, 0.6) is 0 Å². The molecule has 2 atom stereocenters. The van der Waals surface area contributed by atoms with E-state index in [1.165, 1.54) is 18.6 Å². The molecule has 4 nitrogen and oxygen atoms in total. The number of hydrogen-bond acceptors (Lipinski definition) is 4. The van der Waals surface area contributed by atoms with Gasteiger partial charge in [-0.05, 0) is 48.9 Å². The average Bonchev–Trinajstić information content (AvgIpc) is 3.35. The lowest BCUT2D eigenvalue weighted by molar-refractivity contribution is -0.180. The second-order valence-electron chi connectivity index (χ2n) is 7.16. The fraction of sp³-hybridized carbons (Fsp3) is 0.409. The first kappa shape index (κ1) is 25.0. The highest BCUT2D eigenvalue weighted by Gasteiger charge is 2.41. The van der Waals surface area contributed by atoms with Gasteiger partial charge in [-0.15, -0.1) is 24.2 Å². The summed E-state index contributed by atoms with van der Waals surface area (Å²) in [5.74, 6) is -0.140. The topological polar surface area (TPSA) is 36.3 Å². The molecular weight excluding hydrogens is 446 g/mol. The van der Waals surface area contributed by atoms with E-state index in [1.807, 2.05) is 42.0 Å². The predicted molar refractivity (Wildman–Crippen MR) is 124 cm³/mol. The van der Waals surface area contributed by atoms with Gasteiger partial charge in [0.05, 0.1) is 31.4 Å². The molecule has 0 bridgehead atoms. The van der Waals surface area contributed by atoms with Crippen LogP contribution in [0.4, 0.5) is 4.39 Å². The lowest BCUT2D eigenvalue weighted by Crippen LogP contribution is -2.37. The van der Waals surface area contributed by atoms with Crippen molar-refractivity contribution in [3.63, 3.8) is 0 Å². The summed E-state index contributed by atoms with van der Waals surface area (Å²) in [6.07, 6.45) is 10.2. The summed E-state index contributed by atoms with van der Waals surface area (Å²) in [6.45, 7) is 4.53. The summed E-state index contributed by atoms with van der Waals surface area (Å²) in [4.78, 5) is 5.17. The van der Waals surface area contributed by atoms with Gasteiger partial charge in [0, 0.05) is 29.6 Å². The van der Waals surface area contributed by atoms with E-state index in [0.717, 1.165) is 28.5 Å². The molecule has 1 aromatic heterocycles. The summed E-state index contributed by atoms with van der Waals surface area (Å²) in [6, 6.07) is 7.87. The van der Waals surface area contributed by atoms with E-state index in [0.29, 0.717) is 13.2 Å². The molecular formula is C22H27Cl2FN2O2S. The van der Waals surface area contributed by atoms with Gasteiger partial charge in [0.25, 0.3) is 0 Å². The Hall–Kier alpha value is -1.31. The van der Waals surface area contributed by atoms with E-state index in [-0.39, 0.29) is 24.3 Å². The molecule has 1 saturated heterocycles. The maximum atomic E-state index is 12.9. The zero-order valence-corrected chi connectivity index (χ0v) is 19.5. The van der Waals surface area contributed by atoms with Gasteiger partial charge in [0.15, 0.2) is 5.79 Å². The molecule has 2 aromatic rings. The van der Waals surface area contributed by atoms with Crippen LogP contribution >= 0.6 is 35.8 Å². The lowest BCUT2D eigenvalue weighted by atomic mass is 10.0. The van der Waals surface area contributed by atoms with Crippen LogP contribution in [0.2, 0.25) is 5.02 Å². The third-order valence-electron chi connectivity index (χ3n) is 4.65. The van der Waals surface area contributed by atoms with Crippen molar-refractivity contribution in [2.75, 3.05) is 12.4 Å². The van der Waals surface area contributed by atoms with E-state index in [4.69, 9.17) is 21.1 Å². The average molecular weight is 473 g/mol. The third kappa shape index (κ3) is 7.75. The highest BCUT2D eigenvalue weighted by atomic mass is 35.5. The summed E-state index contributed by atoms with van der Waals surface area (Å²) in [5.41, 5.74) is 1.19. The van der Waals surface area contributed by atoms with E-state index < -0.39 is 5.79 Å². The Morgan fingerprint density at radius 3 is 2.77 bits per heavy atom. The Bertz CT molecular complexity index is 839. The molecule has 30 heavy (non-hydrogen) atoms. The van der Waals surface area contributed by atoms with E-state index in [1.54, 1.807) is 30.4 Å². The maximum absolute atomic E-state index is 12.9. The molecule has 164 valence electrons. The summed E-state index contributed by atoms with van der Waals surface area (Å²) in [5, 5.41) is 0.730. The maximum Gasteiger partial charge on any atom is 0.187 e.